The molecule has 4 nitrogen and oxygen atoms in total. The lowest BCUT2D eigenvalue weighted by atomic mass is 10.1. The molecule has 4 heteroatoms. The van der Waals surface area contributed by atoms with Gasteiger partial charge in [-0.3, -0.25) is 4.79 Å². The summed E-state index contributed by atoms with van der Waals surface area (Å²) in [7, 11) is 0. The van der Waals surface area contributed by atoms with Crippen molar-refractivity contribution < 1.29 is 13.9 Å². The monoisotopic (exact) mass is 273 g/mol. The van der Waals surface area contributed by atoms with Crippen molar-refractivity contribution in [3.8, 4) is 5.75 Å². The lowest BCUT2D eigenvalue weighted by molar-refractivity contribution is -0.123. The van der Waals surface area contributed by atoms with Crippen molar-refractivity contribution in [2.75, 3.05) is 6.61 Å². The minimum Gasteiger partial charge on any atom is -0.484 e. The van der Waals surface area contributed by atoms with E-state index in [9.17, 15) is 4.79 Å². The molecule has 1 aromatic heterocycles. The summed E-state index contributed by atoms with van der Waals surface area (Å²) in [6, 6.07) is 9.58. The van der Waals surface area contributed by atoms with Gasteiger partial charge in [0.1, 0.15) is 5.75 Å². The van der Waals surface area contributed by atoms with E-state index in [0.29, 0.717) is 5.75 Å². The van der Waals surface area contributed by atoms with Gasteiger partial charge in [-0.2, -0.15) is 0 Å². The number of furan rings is 1. The van der Waals surface area contributed by atoms with E-state index in [2.05, 4.69) is 5.32 Å². The van der Waals surface area contributed by atoms with Gasteiger partial charge < -0.3 is 14.5 Å². The molecule has 0 radical (unpaired) electrons. The number of benzene rings is 1. The zero-order valence-corrected chi connectivity index (χ0v) is 11.8. The Kier molecular flexibility index (Phi) is 4.82. The molecule has 2 rings (SSSR count). The minimum atomic E-state index is -0.123. The summed E-state index contributed by atoms with van der Waals surface area (Å²) >= 11 is 0. The van der Waals surface area contributed by atoms with Crippen LogP contribution in [0.25, 0.3) is 0 Å². The molecule has 1 heterocycles. The highest BCUT2D eigenvalue weighted by atomic mass is 16.5. The molecule has 1 amide bonds. The molecule has 1 atom stereocenters. The molecule has 0 aliphatic rings. The molecule has 1 unspecified atom stereocenters. The van der Waals surface area contributed by atoms with Crippen molar-refractivity contribution >= 4 is 5.91 Å². The van der Waals surface area contributed by atoms with Crippen LogP contribution in [0.2, 0.25) is 0 Å². The van der Waals surface area contributed by atoms with Crippen molar-refractivity contribution in [3.63, 3.8) is 0 Å². The molecule has 1 N–H and O–H groups in total. The third-order valence-electron chi connectivity index (χ3n) is 2.89. The van der Waals surface area contributed by atoms with Gasteiger partial charge in [0.05, 0.1) is 12.5 Å². The summed E-state index contributed by atoms with van der Waals surface area (Å²) in [6.07, 6.45) is 4.06. The number of rotatable bonds is 6. The molecule has 0 aliphatic carbocycles. The Morgan fingerprint density at radius 2 is 2.25 bits per heavy atom. The average Bonchev–Trinajstić information content (AvgIpc) is 2.89. The molecule has 0 saturated heterocycles. The van der Waals surface area contributed by atoms with Gasteiger partial charge in [0, 0.05) is 6.04 Å². The molecule has 106 valence electrons. The lowest BCUT2D eigenvalue weighted by Crippen LogP contribution is -2.37. The molecule has 0 aliphatic heterocycles. The van der Waals surface area contributed by atoms with Crippen molar-refractivity contribution in [2.24, 2.45) is 0 Å². The third kappa shape index (κ3) is 4.46. The first-order valence-corrected chi connectivity index (χ1v) is 6.63. The van der Waals surface area contributed by atoms with Crippen LogP contribution in [-0.2, 0) is 11.2 Å². The van der Waals surface area contributed by atoms with Crippen LogP contribution in [0, 0.1) is 6.92 Å². The Morgan fingerprint density at radius 3 is 2.95 bits per heavy atom. The number of aryl methyl sites for hydroxylation is 1. The van der Waals surface area contributed by atoms with Crippen LogP contribution in [0.3, 0.4) is 0 Å². The Balaban J connectivity index is 1.75. The van der Waals surface area contributed by atoms with E-state index < -0.39 is 0 Å². The van der Waals surface area contributed by atoms with E-state index in [1.807, 2.05) is 44.2 Å². The lowest BCUT2D eigenvalue weighted by Gasteiger charge is -2.13. The highest BCUT2D eigenvalue weighted by Gasteiger charge is 2.09. The molecular formula is C16H19NO3. The van der Waals surface area contributed by atoms with Crippen LogP contribution in [0.1, 0.15) is 18.1 Å². The second-order valence-electron chi connectivity index (χ2n) is 4.91. The molecule has 20 heavy (non-hydrogen) atoms. The summed E-state index contributed by atoms with van der Waals surface area (Å²) in [4.78, 5) is 11.8. The van der Waals surface area contributed by atoms with E-state index in [-0.39, 0.29) is 18.6 Å². The second-order valence-corrected chi connectivity index (χ2v) is 4.91. The third-order valence-corrected chi connectivity index (χ3v) is 2.89. The van der Waals surface area contributed by atoms with Gasteiger partial charge in [-0.1, -0.05) is 12.1 Å². The van der Waals surface area contributed by atoms with Gasteiger partial charge in [-0.25, -0.2) is 0 Å². The summed E-state index contributed by atoms with van der Waals surface area (Å²) in [5.74, 6) is 0.588. The van der Waals surface area contributed by atoms with E-state index in [1.54, 1.807) is 12.5 Å². The predicted molar refractivity (Wildman–Crippen MR) is 76.7 cm³/mol. The largest absolute Gasteiger partial charge is 0.484 e. The van der Waals surface area contributed by atoms with Gasteiger partial charge in [0.25, 0.3) is 5.91 Å². The number of nitrogens with one attached hydrogen (secondary N) is 1. The zero-order chi connectivity index (χ0) is 14.4. The van der Waals surface area contributed by atoms with Crippen molar-refractivity contribution in [2.45, 2.75) is 26.3 Å². The molecule has 1 aromatic carbocycles. The standard InChI is InChI=1S/C16H19NO3/c1-12-4-3-5-15(8-12)20-11-16(18)17-13(2)9-14-6-7-19-10-14/h3-8,10,13H,9,11H2,1-2H3,(H,17,18). The van der Waals surface area contributed by atoms with E-state index in [0.717, 1.165) is 17.5 Å². The number of carbonyl (C=O) groups is 1. The first kappa shape index (κ1) is 14.2. The number of hydrogen-bond donors (Lipinski definition) is 1. The fraction of sp³-hybridized carbons (Fsp3) is 0.312. The van der Waals surface area contributed by atoms with Gasteiger partial charge >= 0.3 is 0 Å². The van der Waals surface area contributed by atoms with Gasteiger partial charge in [-0.15, -0.1) is 0 Å². The Morgan fingerprint density at radius 1 is 1.40 bits per heavy atom. The van der Waals surface area contributed by atoms with E-state index in [1.165, 1.54) is 0 Å². The number of carbonyl (C=O) groups excluding carboxylic acids is 1. The van der Waals surface area contributed by atoms with Crippen LogP contribution in [0.5, 0.6) is 5.75 Å². The Labute approximate surface area is 118 Å². The van der Waals surface area contributed by atoms with Crippen molar-refractivity contribution in [1.82, 2.24) is 5.32 Å². The molecule has 0 fully saturated rings. The van der Waals surface area contributed by atoms with Gasteiger partial charge in [0.15, 0.2) is 6.61 Å². The maximum absolute atomic E-state index is 11.8. The second kappa shape index (κ2) is 6.80. The van der Waals surface area contributed by atoms with Crippen LogP contribution in [0.4, 0.5) is 0 Å². The Bertz CT molecular complexity index is 549. The van der Waals surface area contributed by atoms with Crippen molar-refractivity contribution in [1.29, 1.82) is 0 Å². The van der Waals surface area contributed by atoms with Crippen LogP contribution >= 0.6 is 0 Å². The summed E-state index contributed by atoms with van der Waals surface area (Å²) in [6.45, 7) is 3.97. The molecule has 0 spiro atoms. The molecule has 0 bridgehead atoms. The van der Waals surface area contributed by atoms with Crippen molar-refractivity contribution in [3.05, 3.63) is 54.0 Å². The molecule has 2 aromatic rings. The summed E-state index contributed by atoms with van der Waals surface area (Å²) < 4.78 is 10.5. The maximum Gasteiger partial charge on any atom is 0.258 e. The molecular weight excluding hydrogens is 254 g/mol. The fourth-order valence-corrected chi connectivity index (χ4v) is 1.98. The van der Waals surface area contributed by atoms with E-state index >= 15 is 0 Å². The summed E-state index contributed by atoms with van der Waals surface area (Å²) in [5.41, 5.74) is 2.17. The minimum absolute atomic E-state index is 0.0270. The predicted octanol–water partition coefficient (Wildman–Crippen LogP) is 2.71. The van der Waals surface area contributed by atoms with Gasteiger partial charge in [0.2, 0.25) is 0 Å². The number of ether oxygens (including phenoxy) is 1. The number of hydrogen-bond acceptors (Lipinski definition) is 3. The first-order chi connectivity index (χ1) is 9.63. The zero-order valence-electron chi connectivity index (χ0n) is 11.8. The Hall–Kier alpha value is -2.23. The topological polar surface area (TPSA) is 51.5 Å². The fourth-order valence-electron chi connectivity index (χ4n) is 1.98. The SMILES string of the molecule is Cc1cccc(OCC(=O)NC(C)Cc2ccoc2)c1. The quantitative estimate of drug-likeness (QED) is 0.880. The highest BCUT2D eigenvalue weighted by Crippen LogP contribution is 2.12. The number of amides is 1. The molecule has 0 saturated carbocycles. The smallest absolute Gasteiger partial charge is 0.258 e. The first-order valence-electron chi connectivity index (χ1n) is 6.63. The normalized spacial score (nSPS) is 11.9. The van der Waals surface area contributed by atoms with Crippen LogP contribution < -0.4 is 10.1 Å². The van der Waals surface area contributed by atoms with Crippen LogP contribution in [-0.4, -0.2) is 18.6 Å². The summed E-state index contributed by atoms with van der Waals surface area (Å²) in [5, 5.41) is 2.90. The highest BCUT2D eigenvalue weighted by molar-refractivity contribution is 5.77. The average molecular weight is 273 g/mol. The maximum atomic E-state index is 11.8. The van der Waals surface area contributed by atoms with Crippen LogP contribution in [0.15, 0.2) is 47.3 Å². The van der Waals surface area contributed by atoms with E-state index in [4.69, 9.17) is 9.15 Å². The van der Waals surface area contributed by atoms with Gasteiger partial charge in [-0.05, 0) is 49.6 Å².